The van der Waals surface area contributed by atoms with Crippen LogP contribution in [0.5, 0.6) is 0 Å². The monoisotopic (exact) mass is 129 g/mol. The van der Waals surface area contributed by atoms with Gasteiger partial charge in [0.15, 0.2) is 0 Å². The third kappa shape index (κ3) is 0.810. The molecule has 1 aliphatic heterocycles. The predicted octanol–water partition coefficient (Wildman–Crippen LogP) is -0.917. The van der Waals surface area contributed by atoms with Crippen molar-refractivity contribution in [2.45, 2.75) is 6.23 Å². The fourth-order valence-electron chi connectivity index (χ4n) is 0.726. The van der Waals surface area contributed by atoms with Crippen molar-refractivity contribution in [2.75, 3.05) is 14.1 Å². The Bertz CT molecular complexity index is 176. The molecule has 0 bridgehead atoms. The predicted molar refractivity (Wildman–Crippen MR) is 31.4 cm³/mol. The third-order valence-corrected chi connectivity index (χ3v) is 1.36. The summed E-state index contributed by atoms with van der Waals surface area (Å²) in [5.41, 5.74) is 0. The Kier molecular flexibility index (Phi) is 1.25. The van der Waals surface area contributed by atoms with Gasteiger partial charge < -0.3 is 5.11 Å². The zero-order valence-electron chi connectivity index (χ0n) is 5.40. The van der Waals surface area contributed by atoms with E-state index in [-0.39, 0.29) is 6.03 Å². The maximum Gasteiger partial charge on any atom is 0.495 e. The number of hydrogen-bond acceptors (Lipinski definition) is 2. The minimum absolute atomic E-state index is 0.178. The SMILES string of the molecule is CN1C(=O)[N+](C)=CC1O. The zero-order chi connectivity index (χ0) is 7.02. The molecule has 1 unspecified atom stereocenters. The number of urea groups is 1. The first-order chi connectivity index (χ1) is 4.13. The summed E-state index contributed by atoms with van der Waals surface area (Å²) in [6.45, 7) is 0. The maximum absolute atomic E-state index is 10.8. The van der Waals surface area contributed by atoms with Crippen LogP contribution in [-0.2, 0) is 0 Å². The largest absolute Gasteiger partial charge is 0.495 e. The molecule has 1 N–H and O–H groups in total. The number of carbonyl (C=O) groups excluding carboxylic acids is 1. The topological polar surface area (TPSA) is 43.5 Å². The lowest BCUT2D eigenvalue weighted by molar-refractivity contribution is -0.387. The molecule has 4 heteroatoms. The summed E-state index contributed by atoms with van der Waals surface area (Å²) < 4.78 is 1.35. The summed E-state index contributed by atoms with van der Waals surface area (Å²) in [6.07, 6.45) is 0.699. The van der Waals surface area contributed by atoms with Crippen LogP contribution in [0.1, 0.15) is 0 Å². The van der Waals surface area contributed by atoms with Crippen LogP contribution in [0, 0.1) is 0 Å². The first kappa shape index (κ1) is 6.22. The van der Waals surface area contributed by atoms with E-state index in [0.29, 0.717) is 0 Å². The highest BCUT2D eigenvalue weighted by Crippen LogP contribution is 1.98. The van der Waals surface area contributed by atoms with Crippen molar-refractivity contribution in [2.24, 2.45) is 0 Å². The number of aliphatic hydroxyl groups excluding tert-OH is 1. The van der Waals surface area contributed by atoms with Crippen LogP contribution in [-0.4, -0.2) is 47.2 Å². The van der Waals surface area contributed by atoms with E-state index in [1.807, 2.05) is 0 Å². The van der Waals surface area contributed by atoms with Gasteiger partial charge in [0.05, 0.1) is 14.1 Å². The molecule has 0 radical (unpaired) electrons. The molecular formula is C5H9N2O2+. The minimum Gasteiger partial charge on any atom is -0.349 e. The van der Waals surface area contributed by atoms with Gasteiger partial charge in [0.1, 0.15) is 6.21 Å². The van der Waals surface area contributed by atoms with Crippen molar-refractivity contribution in [3.8, 4) is 0 Å². The number of amides is 2. The van der Waals surface area contributed by atoms with Crippen LogP contribution >= 0.6 is 0 Å². The Morgan fingerprint density at radius 1 is 1.89 bits per heavy atom. The van der Waals surface area contributed by atoms with E-state index in [2.05, 4.69) is 0 Å². The first-order valence-corrected chi connectivity index (χ1v) is 2.65. The Morgan fingerprint density at radius 3 is 2.56 bits per heavy atom. The average molecular weight is 129 g/mol. The van der Waals surface area contributed by atoms with Gasteiger partial charge >= 0.3 is 6.03 Å². The molecule has 0 fully saturated rings. The molecule has 1 atom stereocenters. The summed E-state index contributed by atoms with van der Waals surface area (Å²) in [4.78, 5) is 12.0. The van der Waals surface area contributed by atoms with Gasteiger partial charge in [-0.1, -0.05) is 0 Å². The summed E-state index contributed by atoms with van der Waals surface area (Å²) in [6, 6.07) is -0.178. The first-order valence-electron chi connectivity index (χ1n) is 2.65. The molecule has 50 valence electrons. The van der Waals surface area contributed by atoms with Gasteiger partial charge in [0.2, 0.25) is 0 Å². The summed E-state index contributed by atoms with van der Waals surface area (Å²) in [5.74, 6) is 0. The van der Waals surface area contributed by atoms with Gasteiger partial charge in [-0.05, 0) is 0 Å². The fourth-order valence-corrected chi connectivity index (χ4v) is 0.726. The molecule has 4 nitrogen and oxygen atoms in total. The van der Waals surface area contributed by atoms with Gasteiger partial charge in [0, 0.05) is 0 Å². The third-order valence-electron chi connectivity index (χ3n) is 1.36. The molecule has 1 aliphatic rings. The van der Waals surface area contributed by atoms with Gasteiger partial charge in [-0.25, -0.2) is 0 Å². The van der Waals surface area contributed by atoms with Gasteiger partial charge in [-0.15, -0.1) is 0 Å². The molecule has 2 amide bonds. The van der Waals surface area contributed by atoms with Crippen LogP contribution in [0.15, 0.2) is 0 Å². The molecule has 0 saturated heterocycles. The summed E-state index contributed by atoms with van der Waals surface area (Å²) in [5, 5.41) is 8.95. The van der Waals surface area contributed by atoms with Gasteiger partial charge in [-0.2, -0.15) is 14.3 Å². The highest BCUT2D eigenvalue weighted by Gasteiger charge is 2.33. The number of nitrogens with zero attached hydrogens (tertiary/aromatic N) is 2. The number of carbonyl (C=O) groups is 1. The smallest absolute Gasteiger partial charge is 0.349 e. The summed E-state index contributed by atoms with van der Waals surface area (Å²) in [7, 11) is 3.15. The van der Waals surface area contributed by atoms with E-state index in [1.165, 1.54) is 15.7 Å². The maximum atomic E-state index is 10.8. The molecule has 0 aromatic carbocycles. The van der Waals surface area contributed by atoms with E-state index >= 15 is 0 Å². The quantitative estimate of drug-likeness (QED) is 0.430. The van der Waals surface area contributed by atoms with E-state index < -0.39 is 6.23 Å². The van der Waals surface area contributed by atoms with Crippen LogP contribution in [0.2, 0.25) is 0 Å². The van der Waals surface area contributed by atoms with E-state index in [9.17, 15) is 4.79 Å². The Labute approximate surface area is 53.0 Å². The second-order valence-corrected chi connectivity index (χ2v) is 2.07. The van der Waals surface area contributed by atoms with E-state index in [0.717, 1.165) is 0 Å². The molecule has 1 heterocycles. The number of hydrogen-bond donors (Lipinski definition) is 1. The highest BCUT2D eigenvalue weighted by atomic mass is 16.3. The van der Waals surface area contributed by atoms with Crippen LogP contribution in [0.25, 0.3) is 0 Å². The molecule has 0 spiro atoms. The molecule has 0 aromatic heterocycles. The normalized spacial score (nSPS) is 27.0. The van der Waals surface area contributed by atoms with E-state index in [1.54, 1.807) is 14.1 Å². The fraction of sp³-hybridized carbons (Fsp3) is 0.600. The van der Waals surface area contributed by atoms with Crippen LogP contribution in [0.4, 0.5) is 4.79 Å². The number of rotatable bonds is 0. The lowest BCUT2D eigenvalue weighted by Crippen LogP contribution is -2.31. The second-order valence-electron chi connectivity index (χ2n) is 2.07. The standard InChI is InChI=1S/C5H9N2O2/c1-6-3-4(8)7(2)5(6)9/h3-4,8H,1-2H3/q+1. The molecule has 1 rings (SSSR count). The Hall–Kier alpha value is -0.900. The van der Waals surface area contributed by atoms with Crippen molar-refractivity contribution in [1.82, 2.24) is 4.90 Å². The number of aliphatic hydroxyl groups is 1. The van der Waals surface area contributed by atoms with Crippen LogP contribution in [0.3, 0.4) is 0 Å². The van der Waals surface area contributed by atoms with Crippen LogP contribution < -0.4 is 0 Å². The molecule has 0 aliphatic carbocycles. The van der Waals surface area contributed by atoms with Crippen molar-refractivity contribution in [3.05, 3.63) is 0 Å². The van der Waals surface area contributed by atoms with Gasteiger partial charge in [-0.3, -0.25) is 0 Å². The van der Waals surface area contributed by atoms with Crippen molar-refractivity contribution in [3.63, 3.8) is 0 Å². The molecular weight excluding hydrogens is 120 g/mol. The minimum atomic E-state index is -0.748. The van der Waals surface area contributed by atoms with E-state index in [4.69, 9.17) is 5.11 Å². The van der Waals surface area contributed by atoms with Crippen molar-refractivity contribution >= 4 is 12.2 Å². The second kappa shape index (κ2) is 1.80. The zero-order valence-corrected chi connectivity index (χ0v) is 5.40. The highest BCUT2D eigenvalue weighted by molar-refractivity contribution is 5.79. The lowest BCUT2D eigenvalue weighted by Gasteiger charge is -2.01. The average Bonchev–Trinajstić information content (AvgIpc) is 1.98. The molecule has 0 aromatic rings. The Morgan fingerprint density at radius 2 is 2.44 bits per heavy atom. The molecule has 0 saturated carbocycles. The van der Waals surface area contributed by atoms with Gasteiger partial charge in [0.25, 0.3) is 6.23 Å². The lowest BCUT2D eigenvalue weighted by atomic mass is 10.6. The summed E-state index contributed by atoms with van der Waals surface area (Å²) >= 11 is 0. The molecule has 9 heavy (non-hydrogen) atoms. The Balaban J connectivity index is 2.82. The van der Waals surface area contributed by atoms with Crippen molar-refractivity contribution in [1.29, 1.82) is 0 Å². The van der Waals surface area contributed by atoms with Crippen molar-refractivity contribution < 1.29 is 14.5 Å².